The summed E-state index contributed by atoms with van der Waals surface area (Å²) in [6.07, 6.45) is 0. The van der Waals surface area contributed by atoms with Gasteiger partial charge in [-0.25, -0.2) is 0 Å². The SMILES string of the molecule is CC(C)COc1cccc(C(=O)NC(=S)N2CCN(c3c(Cl)cccc3[N+](=O)[O-])CC2)c1. The summed E-state index contributed by atoms with van der Waals surface area (Å²) < 4.78 is 5.68. The number of anilines is 1. The highest BCUT2D eigenvalue weighted by Gasteiger charge is 2.27. The number of para-hydroxylation sites is 1. The second kappa shape index (κ2) is 10.6. The molecule has 0 spiro atoms. The number of nitrogens with zero attached hydrogens (tertiary/aromatic N) is 3. The molecule has 0 atom stereocenters. The number of thiocarbonyl (C=S) groups is 1. The predicted octanol–water partition coefficient (Wildman–Crippen LogP) is 4.12. The maximum absolute atomic E-state index is 12.7. The summed E-state index contributed by atoms with van der Waals surface area (Å²) in [5, 5.41) is 14.8. The van der Waals surface area contributed by atoms with E-state index in [-0.39, 0.29) is 11.6 Å². The molecule has 0 bridgehead atoms. The molecule has 170 valence electrons. The van der Waals surface area contributed by atoms with Crippen molar-refractivity contribution in [2.45, 2.75) is 13.8 Å². The number of carbonyl (C=O) groups excluding carboxylic acids is 1. The van der Waals surface area contributed by atoms with Crippen molar-refractivity contribution in [2.75, 3.05) is 37.7 Å². The number of benzene rings is 2. The van der Waals surface area contributed by atoms with Crippen LogP contribution in [0.15, 0.2) is 42.5 Å². The molecule has 0 unspecified atom stereocenters. The molecule has 2 aromatic rings. The number of piperazine rings is 1. The Labute approximate surface area is 197 Å². The number of nitro groups is 1. The zero-order valence-corrected chi connectivity index (χ0v) is 19.5. The molecule has 0 saturated carbocycles. The maximum atomic E-state index is 12.7. The third-order valence-electron chi connectivity index (χ3n) is 4.95. The highest BCUT2D eigenvalue weighted by molar-refractivity contribution is 7.80. The lowest BCUT2D eigenvalue weighted by Crippen LogP contribution is -2.52. The molecular formula is C22H25ClN4O4S. The second-order valence-electron chi connectivity index (χ2n) is 7.83. The van der Waals surface area contributed by atoms with E-state index in [1.165, 1.54) is 6.07 Å². The van der Waals surface area contributed by atoms with Gasteiger partial charge in [-0.05, 0) is 42.4 Å². The number of amides is 1. The molecule has 3 rings (SSSR count). The van der Waals surface area contributed by atoms with Crippen molar-refractivity contribution >= 4 is 46.2 Å². The molecule has 8 nitrogen and oxygen atoms in total. The fraction of sp³-hybridized carbons (Fsp3) is 0.364. The van der Waals surface area contributed by atoms with E-state index in [2.05, 4.69) is 19.2 Å². The van der Waals surface area contributed by atoms with Crippen LogP contribution in [0.25, 0.3) is 0 Å². The number of nitrogens with one attached hydrogen (secondary N) is 1. The third kappa shape index (κ3) is 5.86. The topological polar surface area (TPSA) is 88.0 Å². The van der Waals surface area contributed by atoms with Gasteiger partial charge in [0, 0.05) is 37.8 Å². The van der Waals surface area contributed by atoms with E-state index in [0.29, 0.717) is 65.8 Å². The number of nitro benzene ring substituents is 1. The van der Waals surface area contributed by atoms with Crippen molar-refractivity contribution in [3.63, 3.8) is 0 Å². The van der Waals surface area contributed by atoms with E-state index >= 15 is 0 Å². The van der Waals surface area contributed by atoms with Crippen LogP contribution in [0.5, 0.6) is 5.75 Å². The number of carbonyl (C=O) groups is 1. The van der Waals surface area contributed by atoms with Gasteiger partial charge in [-0.2, -0.15) is 0 Å². The van der Waals surface area contributed by atoms with Gasteiger partial charge < -0.3 is 14.5 Å². The van der Waals surface area contributed by atoms with Crippen LogP contribution in [-0.4, -0.2) is 53.6 Å². The van der Waals surface area contributed by atoms with E-state index in [0.717, 1.165) is 0 Å². The molecule has 1 N–H and O–H groups in total. The zero-order chi connectivity index (χ0) is 23.3. The minimum Gasteiger partial charge on any atom is -0.493 e. The van der Waals surface area contributed by atoms with Crippen LogP contribution in [0.1, 0.15) is 24.2 Å². The first kappa shape index (κ1) is 23.7. The molecule has 0 aliphatic carbocycles. The van der Waals surface area contributed by atoms with Crippen LogP contribution in [0.4, 0.5) is 11.4 Å². The van der Waals surface area contributed by atoms with Gasteiger partial charge in [0.05, 0.1) is 16.6 Å². The minimum atomic E-state index is -0.433. The van der Waals surface area contributed by atoms with Gasteiger partial charge >= 0.3 is 0 Å². The van der Waals surface area contributed by atoms with Crippen LogP contribution in [0, 0.1) is 16.0 Å². The third-order valence-corrected chi connectivity index (χ3v) is 5.61. The molecule has 0 aromatic heterocycles. The molecule has 1 amide bonds. The van der Waals surface area contributed by atoms with Gasteiger partial charge in [-0.3, -0.25) is 20.2 Å². The Bertz CT molecular complexity index is 1010. The zero-order valence-electron chi connectivity index (χ0n) is 17.9. The average molecular weight is 477 g/mol. The molecule has 2 aromatic carbocycles. The first-order valence-corrected chi connectivity index (χ1v) is 11.1. The highest BCUT2D eigenvalue weighted by Crippen LogP contribution is 2.35. The lowest BCUT2D eigenvalue weighted by molar-refractivity contribution is -0.384. The quantitative estimate of drug-likeness (QED) is 0.381. The number of rotatable bonds is 6. The molecule has 1 saturated heterocycles. The lowest BCUT2D eigenvalue weighted by Gasteiger charge is -2.37. The number of ether oxygens (including phenoxy) is 1. The summed E-state index contributed by atoms with van der Waals surface area (Å²) in [4.78, 5) is 27.3. The first-order valence-electron chi connectivity index (χ1n) is 10.3. The molecule has 1 heterocycles. The Balaban J connectivity index is 1.59. The van der Waals surface area contributed by atoms with Crippen molar-refractivity contribution in [3.8, 4) is 5.75 Å². The predicted molar refractivity (Wildman–Crippen MR) is 129 cm³/mol. The largest absolute Gasteiger partial charge is 0.493 e. The lowest BCUT2D eigenvalue weighted by atomic mass is 10.2. The van der Waals surface area contributed by atoms with Gasteiger partial charge in [-0.15, -0.1) is 0 Å². The van der Waals surface area contributed by atoms with Crippen molar-refractivity contribution in [1.29, 1.82) is 0 Å². The number of halogens is 1. The summed E-state index contributed by atoms with van der Waals surface area (Å²) in [5.41, 5.74) is 0.840. The van der Waals surface area contributed by atoms with Crippen molar-refractivity contribution < 1.29 is 14.5 Å². The Morgan fingerprint density at radius 1 is 1.22 bits per heavy atom. The van der Waals surface area contributed by atoms with E-state index in [4.69, 9.17) is 28.6 Å². The summed E-state index contributed by atoms with van der Waals surface area (Å²) in [6.45, 7) is 6.64. The molecule has 1 aliphatic heterocycles. The van der Waals surface area contributed by atoms with Crippen LogP contribution >= 0.6 is 23.8 Å². The van der Waals surface area contributed by atoms with E-state index < -0.39 is 4.92 Å². The van der Waals surface area contributed by atoms with Crippen LogP contribution in [-0.2, 0) is 0 Å². The Morgan fingerprint density at radius 2 is 1.91 bits per heavy atom. The van der Waals surface area contributed by atoms with E-state index in [1.54, 1.807) is 30.3 Å². The fourth-order valence-electron chi connectivity index (χ4n) is 3.34. The molecule has 1 fully saturated rings. The molecular weight excluding hydrogens is 452 g/mol. The maximum Gasteiger partial charge on any atom is 0.294 e. The molecule has 1 aliphatic rings. The minimum absolute atomic E-state index is 0.0265. The van der Waals surface area contributed by atoms with Gasteiger partial charge in [0.15, 0.2) is 5.11 Å². The smallest absolute Gasteiger partial charge is 0.294 e. The van der Waals surface area contributed by atoms with Crippen molar-refractivity contribution in [2.24, 2.45) is 5.92 Å². The monoisotopic (exact) mass is 476 g/mol. The molecule has 0 radical (unpaired) electrons. The Morgan fingerprint density at radius 3 is 2.56 bits per heavy atom. The summed E-state index contributed by atoms with van der Waals surface area (Å²) in [7, 11) is 0. The second-order valence-corrected chi connectivity index (χ2v) is 8.62. The molecule has 32 heavy (non-hydrogen) atoms. The Hall–Kier alpha value is -2.91. The summed E-state index contributed by atoms with van der Waals surface area (Å²) in [6, 6.07) is 11.6. The normalized spacial score (nSPS) is 13.8. The number of hydrogen-bond donors (Lipinski definition) is 1. The van der Waals surface area contributed by atoms with E-state index in [1.807, 2.05) is 15.9 Å². The van der Waals surface area contributed by atoms with Gasteiger partial charge in [0.25, 0.3) is 11.6 Å². The number of hydrogen-bond acceptors (Lipinski definition) is 6. The molecule has 10 heteroatoms. The highest BCUT2D eigenvalue weighted by atomic mass is 35.5. The van der Waals surface area contributed by atoms with Crippen LogP contribution in [0.3, 0.4) is 0 Å². The Kier molecular flexibility index (Phi) is 7.87. The fourth-order valence-corrected chi connectivity index (χ4v) is 3.90. The van der Waals surface area contributed by atoms with Crippen LogP contribution < -0.4 is 15.0 Å². The van der Waals surface area contributed by atoms with Crippen LogP contribution in [0.2, 0.25) is 5.02 Å². The van der Waals surface area contributed by atoms with Gasteiger partial charge in [0.2, 0.25) is 0 Å². The van der Waals surface area contributed by atoms with Gasteiger partial charge in [-0.1, -0.05) is 37.6 Å². The van der Waals surface area contributed by atoms with Crippen molar-refractivity contribution in [3.05, 3.63) is 63.2 Å². The average Bonchev–Trinajstić information content (AvgIpc) is 2.77. The standard InChI is InChI=1S/C22H25ClN4O4S/c1-15(2)14-31-17-6-3-5-16(13-17)21(28)24-22(32)26-11-9-25(10-12-26)20-18(23)7-4-8-19(20)27(29)30/h3-8,13,15H,9-12,14H2,1-2H3,(H,24,28,32). The first-order chi connectivity index (χ1) is 15.3. The van der Waals surface area contributed by atoms with E-state index in [9.17, 15) is 14.9 Å². The summed E-state index contributed by atoms with van der Waals surface area (Å²) >= 11 is 11.7. The van der Waals surface area contributed by atoms with Gasteiger partial charge in [0.1, 0.15) is 11.4 Å². The van der Waals surface area contributed by atoms with Crippen molar-refractivity contribution in [1.82, 2.24) is 10.2 Å². The summed E-state index contributed by atoms with van der Waals surface area (Å²) in [5.74, 6) is 0.701.